The van der Waals surface area contributed by atoms with Crippen molar-refractivity contribution in [1.29, 1.82) is 0 Å². The largest absolute Gasteiger partial charge is 0.432 e. The van der Waals surface area contributed by atoms with Crippen LogP contribution in [-0.4, -0.2) is 28.1 Å². The number of rotatable bonds is 3. The Hall–Kier alpha value is -2.98. The lowest BCUT2D eigenvalue weighted by Gasteiger charge is -2.12. The van der Waals surface area contributed by atoms with E-state index in [4.69, 9.17) is 0 Å². The van der Waals surface area contributed by atoms with Gasteiger partial charge in [-0.25, -0.2) is 13.8 Å². The van der Waals surface area contributed by atoms with Crippen LogP contribution in [0, 0.1) is 11.6 Å². The van der Waals surface area contributed by atoms with E-state index in [2.05, 4.69) is 20.7 Å². The molecule has 28 heavy (non-hydrogen) atoms. The molecule has 1 aromatic carbocycles. The first-order valence-corrected chi connectivity index (χ1v) is 8.46. The predicted molar refractivity (Wildman–Crippen MR) is 90.7 cm³/mol. The number of H-pyrrole nitrogens is 1. The molecule has 0 atom stereocenters. The van der Waals surface area contributed by atoms with Crippen molar-refractivity contribution < 1.29 is 26.7 Å². The van der Waals surface area contributed by atoms with Crippen LogP contribution in [0.5, 0.6) is 0 Å². The van der Waals surface area contributed by atoms with Gasteiger partial charge in [-0.2, -0.15) is 18.3 Å². The summed E-state index contributed by atoms with van der Waals surface area (Å²) in [5.74, 6) is -3.42. The Morgan fingerprint density at radius 2 is 1.86 bits per heavy atom. The van der Waals surface area contributed by atoms with Crippen molar-refractivity contribution in [2.24, 2.45) is 4.99 Å². The summed E-state index contributed by atoms with van der Waals surface area (Å²) in [6.07, 6.45) is -1.19. The number of aliphatic imine (C=N–C) groups is 1. The standard InChI is InChI=1S/C17H16F5N5O/c18-11-6-5-9(7-12(11)19)15(28)25-16(23-10-3-1-2-4-10)24-14-8-13(26-27-14)17(20,21)22/h5-8,10H,1-4H2,(H3,23,24,25,26,27,28). The summed E-state index contributed by atoms with van der Waals surface area (Å²) >= 11 is 0. The number of aromatic amines is 1. The summed E-state index contributed by atoms with van der Waals surface area (Å²) in [5.41, 5.74) is -1.24. The Kier molecular flexibility index (Phi) is 5.61. The lowest BCUT2D eigenvalue weighted by atomic mass is 10.2. The van der Waals surface area contributed by atoms with E-state index in [0.717, 1.165) is 43.9 Å². The van der Waals surface area contributed by atoms with Crippen molar-refractivity contribution in [2.75, 3.05) is 5.32 Å². The molecule has 0 spiro atoms. The van der Waals surface area contributed by atoms with E-state index in [9.17, 15) is 26.7 Å². The highest BCUT2D eigenvalue weighted by Gasteiger charge is 2.33. The summed E-state index contributed by atoms with van der Waals surface area (Å²) in [5, 5.41) is 10.3. The molecule has 1 aromatic heterocycles. The third-order valence-electron chi connectivity index (χ3n) is 4.18. The number of hydrogen-bond acceptors (Lipinski definition) is 3. The van der Waals surface area contributed by atoms with Crippen LogP contribution >= 0.6 is 0 Å². The molecular formula is C17H16F5N5O. The van der Waals surface area contributed by atoms with Crippen LogP contribution in [0.2, 0.25) is 0 Å². The molecule has 0 radical (unpaired) electrons. The van der Waals surface area contributed by atoms with E-state index in [1.807, 2.05) is 5.10 Å². The van der Waals surface area contributed by atoms with E-state index < -0.39 is 29.4 Å². The Bertz CT molecular complexity index is 886. The zero-order chi connectivity index (χ0) is 20.3. The zero-order valence-electron chi connectivity index (χ0n) is 14.4. The van der Waals surface area contributed by atoms with E-state index in [1.54, 1.807) is 0 Å². The third-order valence-corrected chi connectivity index (χ3v) is 4.18. The normalized spacial score (nSPS) is 15.7. The second-order valence-electron chi connectivity index (χ2n) is 6.29. The number of anilines is 1. The number of aromatic nitrogens is 2. The van der Waals surface area contributed by atoms with Gasteiger partial charge in [0.05, 0.1) is 6.04 Å². The van der Waals surface area contributed by atoms with Gasteiger partial charge in [0.1, 0.15) is 5.69 Å². The number of alkyl halides is 3. The van der Waals surface area contributed by atoms with Crippen molar-refractivity contribution in [3.05, 3.63) is 47.2 Å². The average molecular weight is 401 g/mol. The molecule has 3 N–H and O–H groups in total. The van der Waals surface area contributed by atoms with Crippen molar-refractivity contribution in [1.82, 2.24) is 15.5 Å². The van der Waals surface area contributed by atoms with Crippen LogP contribution < -0.4 is 10.6 Å². The second kappa shape index (κ2) is 7.95. The minimum atomic E-state index is -4.61. The number of nitrogens with zero attached hydrogens (tertiary/aromatic N) is 2. The maximum Gasteiger partial charge on any atom is 0.432 e. The molecule has 0 saturated heterocycles. The van der Waals surface area contributed by atoms with Gasteiger partial charge < -0.3 is 5.32 Å². The van der Waals surface area contributed by atoms with Gasteiger partial charge in [0.15, 0.2) is 17.5 Å². The molecule has 1 amide bonds. The van der Waals surface area contributed by atoms with E-state index in [0.29, 0.717) is 6.07 Å². The van der Waals surface area contributed by atoms with Crippen molar-refractivity contribution in [3.8, 4) is 0 Å². The molecule has 0 aliphatic heterocycles. The number of halogens is 5. The minimum absolute atomic E-state index is 0.117. The van der Waals surface area contributed by atoms with Crippen LogP contribution in [0.1, 0.15) is 41.7 Å². The summed E-state index contributed by atoms with van der Waals surface area (Å²) in [6.45, 7) is 0. The van der Waals surface area contributed by atoms with Crippen molar-refractivity contribution in [2.45, 2.75) is 37.9 Å². The number of guanidine groups is 1. The maximum atomic E-state index is 13.3. The smallest absolute Gasteiger partial charge is 0.309 e. The van der Waals surface area contributed by atoms with Gasteiger partial charge in [0.25, 0.3) is 5.91 Å². The maximum absolute atomic E-state index is 13.3. The lowest BCUT2D eigenvalue weighted by molar-refractivity contribution is -0.141. The van der Waals surface area contributed by atoms with Gasteiger partial charge in [-0.3, -0.25) is 15.2 Å². The van der Waals surface area contributed by atoms with E-state index >= 15 is 0 Å². The number of amides is 1. The Morgan fingerprint density at radius 3 is 2.46 bits per heavy atom. The molecule has 150 valence electrons. The lowest BCUT2D eigenvalue weighted by Crippen LogP contribution is -2.37. The van der Waals surface area contributed by atoms with E-state index in [-0.39, 0.29) is 23.4 Å². The van der Waals surface area contributed by atoms with Crippen LogP contribution in [0.4, 0.5) is 27.8 Å². The van der Waals surface area contributed by atoms with E-state index in [1.165, 1.54) is 0 Å². The van der Waals surface area contributed by atoms with Gasteiger partial charge in [-0.15, -0.1) is 0 Å². The first-order valence-electron chi connectivity index (χ1n) is 8.46. The molecule has 1 saturated carbocycles. The Balaban J connectivity index is 1.79. The fourth-order valence-electron chi connectivity index (χ4n) is 2.78. The van der Waals surface area contributed by atoms with Crippen LogP contribution in [-0.2, 0) is 6.18 Å². The third kappa shape index (κ3) is 4.84. The van der Waals surface area contributed by atoms with Gasteiger partial charge in [-0.05, 0) is 31.0 Å². The van der Waals surface area contributed by atoms with Crippen LogP contribution in [0.15, 0.2) is 29.3 Å². The van der Waals surface area contributed by atoms with Crippen LogP contribution in [0.25, 0.3) is 0 Å². The molecule has 0 bridgehead atoms. The highest BCUT2D eigenvalue weighted by Crippen LogP contribution is 2.28. The highest BCUT2D eigenvalue weighted by molar-refractivity contribution is 6.09. The van der Waals surface area contributed by atoms with Crippen molar-refractivity contribution >= 4 is 17.7 Å². The fourth-order valence-corrected chi connectivity index (χ4v) is 2.78. The Labute approximate surface area is 156 Å². The fraction of sp³-hybridized carbons (Fsp3) is 0.353. The molecule has 11 heteroatoms. The minimum Gasteiger partial charge on any atom is -0.309 e. The molecule has 1 heterocycles. The number of hydrogen-bond donors (Lipinski definition) is 3. The number of benzene rings is 1. The molecular weight excluding hydrogens is 385 g/mol. The number of carbonyl (C=O) groups is 1. The second-order valence-corrected chi connectivity index (χ2v) is 6.29. The van der Waals surface area contributed by atoms with Gasteiger partial charge in [0.2, 0.25) is 5.96 Å². The van der Waals surface area contributed by atoms with Crippen LogP contribution in [0.3, 0.4) is 0 Å². The molecule has 1 aliphatic carbocycles. The number of carbonyl (C=O) groups excluding carboxylic acids is 1. The van der Waals surface area contributed by atoms with Gasteiger partial charge in [0, 0.05) is 11.6 Å². The van der Waals surface area contributed by atoms with Gasteiger partial charge in [-0.1, -0.05) is 12.8 Å². The molecule has 1 fully saturated rings. The zero-order valence-corrected chi connectivity index (χ0v) is 14.4. The highest BCUT2D eigenvalue weighted by atomic mass is 19.4. The first kappa shape index (κ1) is 19.8. The summed E-state index contributed by atoms with van der Waals surface area (Å²) < 4.78 is 64.5. The average Bonchev–Trinajstić information content (AvgIpc) is 3.28. The monoisotopic (exact) mass is 401 g/mol. The molecule has 6 nitrogen and oxygen atoms in total. The first-order chi connectivity index (χ1) is 13.2. The molecule has 2 aromatic rings. The van der Waals surface area contributed by atoms with Crippen molar-refractivity contribution in [3.63, 3.8) is 0 Å². The van der Waals surface area contributed by atoms with Gasteiger partial charge >= 0.3 is 6.18 Å². The molecule has 1 aliphatic rings. The molecule has 3 rings (SSSR count). The quantitative estimate of drug-likeness (QED) is 0.415. The Morgan fingerprint density at radius 1 is 1.14 bits per heavy atom. The topological polar surface area (TPSA) is 82.2 Å². The number of nitrogens with one attached hydrogen (secondary N) is 3. The molecule has 0 unspecified atom stereocenters. The summed E-state index contributed by atoms with van der Waals surface area (Å²) in [7, 11) is 0. The predicted octanol–water partition coefficient (Wildman–Crippen LogP) is 3.85. The summed E-state index contributed by atoms with van der Waals surface area (Å²) in [4.78, 5) is 16.6. The summed E-state index contributed by atoms with van der Waals surface area (Å²) in [6, 6.07) is 3.21. The SMILES string of the molecule is O=C(NC(=NC1CCCC1)Nc1cc(C(F)(F)F)[nH]n1)c1ccc(F)c(F)c1.